The first kappa shape index (κ1) is 10.1. The molecule has 1 saturated heterocycles. The van der Waals surface area contributed by atoms with Crippen molar-refractivity contribution in [3.8, 4) is 0 Å². The number of anilines is 2. The van der Waals surface area contributed by atoms with E-state index in [2.05, 4.69) is 30.5 Å². The van der Waals surface area contributed by atoms with Gasteiger partial charge in [0.15, 0.2) is 5.65 Å². The Morgan fingerprint density at radius 3 is 3.06 bits per heavy atom. The smallest absolute Gasteiger partial charge is 0.241 e. The summed E-state index contributed by atoms with van der Waals surface area (Å²) in [6.07, 6.45) is 5.69. The fourth-order valence-corrected chi connectivity index (χ4v) is 3.29. The van der Waals surface area contributed by atoms with Crippen LogP contribution in [0, 0.1) is 5.92 Å². The number of nitrogens with one attached hydrogen (secondary N) is 2. The van der Waals surface area contributed by atoms with Crippen LogP contribution in [0.25, 0.3) is 11.0 Å². The number of aromatic amines is 1. The van der Waals surface area contributed by atoms with E-state index < -0.39 is 0 Å². The summed E-state index contributed by atoms with van der Waals surface area (Å²) < 4.78 is 0. The van der Waals surface area contributed by atoms with Gasteiger partial charge in [0.05, 0.1) is 11.6 Å². The van der Waals surface area contributed by atoms with E-state index in [1.165, 1.54) is 19.3 Å². The van der Waals surface area contributed by atoms with Crippen LogP contribution in [0.4, 0.5) is 11.8 Å². The zero-order chi connectivity index (χ0) is 12.1. The first-order valence-electron chi connectivity index (χ1n) is 6.29. The molecular weight excluding hydrogens is 230 g/mol. The van der Waals surface area contributed by atoms with E-state index in [0.29, 0.717) is 12.0 Å². The molecule has 0 radical (unpaired) electrons. The lowest BCUT2D eigenvalue weighted by atomic mass is 10.1. The maximum Gasteiger partial charge on any atom is 0.241 e. The number of piperidine rings is 1. The fraction of sp³-hybridized carbons (Fsp3) is 0.545. The van der Waals surface area contributed by atoms with E-state index in [1.807, 2.05) is 0 Å². The van der Waals surface area contributed by atoms with Gasteiger partial charge in [-0.1, -0.05) is 0 Å². The Bertz CT molecular complexity index is 592. The molecule has 0 amide bonds. The highest BCUT2D eigenvalue weighted by atomic mass is 15.3. The molecule has 1 aliphatic carbocycles. The zero-order valence-electron chi connectivity index (χ0n) is 9.93. The third kappa shape index (κ3) is 1.30. The molecule has 7 nitrogen and oxygen atoms in total. The van der Waals surface area contributed by atoms with E-state index in [-0.39, 0.29) is 0 Å². The number of hydrazine groups is 1. The Hall–Kier alpha value is -1.89. The number of hydrogen-bond acceptors (Lipinski definition) is 6. The molecule has 2 bridgehead atoms. The molecule has 2 atom stereocenters. The highest BCUT2D eigenvalue weighted by Crippen LogP contribution is 2.41. The van der Waals surface area contributed by atoms with Crippen molar-refractivity contribution < 1.29 is 0 Å². The van der Waals surface area contributed by atoms with E-state index >= 15 is 0 Å². The number of rotatable bonds is 2. The number of aromatic nitrogens is 4. The van der Waals surface area contributed by atoms with Crippen molar-refractivity contribution in [2.75, 3.05) is 16.9 Å². The van der Waals surface area contributed by atoms with Crippen LogP contribution in [0.15, 0.2) is 6.20 Å². The molecule has 3 heterocycles. The average molecular weight is 245 g/mol. The predicted molar refractivity (Wildman–Crippen MR) is 68.0 cm³/mol. The Morgan fingerprint density at radius 1 is 1.39 bits per heavy atom. The third-order valence-corrected chi connectivity index (χ3v) is 4.10. The van der Waals surface area contributed by atoms with Crippen LogP contribution in [0.1, 0.15) is 19.3 Å². The molecule has 1 aliphatic heterocycles. The van der Waals surface area contributed by atoms with Crippen molar-refractivity contribution in [1.82, 2.24) is 20.2 Å². The standard InChI is InChI=1S/C11H15N7/c12-16-11-14-9-8(4-13-17-9)10(15-11)18-5-6-1-2-7(18)3-6/h4,6-7H,1-3,5,12H2,(H2,13,14,15,16,17). The van der Waals surface area contributed by atoms with E-state index in [1.54, 1.807) is 6.20 Å². The van der Waals surface area contributed by atoms with Crippen molar-refractivity contribution in [3.63, 3.8) is 0 Å². The van der Waals surface area contributed by atoms with Gasteiger partial charge in [-0.15, -0.1) is 0 Å². The first-order valence-corrected chi connectivity index (χ1v) is 6.29. The van der Waals surface area contributed by atoms with Crippen molar-refractivity contribution in [2.24, 2.45) is 11.8 Å². The van der Waals surface area contributed by atoms with Gasteiger partial charge in [0.2, 0.25) is 5.95 Å². The lowest BCUT2D eigenvalue weighted by Crippen LogP contribution is -2.33. The SMILES string of the molecule is NNc1nc(N2CC3CCC2C3)c2cn[nH]c2n1. The summed E-state index contributed by atoms with van der Waals surface area (Å²) in [5.74, 6) is 7.63. The second-order valence-electron chi connectivity index (χ2n) is 5.13. The summed E-state index contributed by atoms with van der Waals surface area (Å²) >= 11 is 0. The summed E-state index contributed by atoms with van der Waals surface area (Å²) in [4.78, 5) is 11.2. The van der Waals surface area contributed by atoms with Crippen LogP contribution in [-0.4, -0.2) is 32.8 Å². The van der Waals surface area contributed by atoms with Gasteiger partial charge in [-0.05, 0) is 25.2 Å². The van der Waals surface area contributed by atoms with Gasteiger partial charge < -0.3 is 4.90 Å². The quantitative estimate of drug-likeness (QED) is 0.530. The van der Waals surface area contributed by atoms with Crippen LogP contribution < -0.4 is 16.2 Å². The lowest BCUT2D eigenvalue weighted by molar-refractivity contribution is 0.551. The van der Waals surface area contributed by atoms with E-state index in [4.69, 9.17) is 5.84 Å². The van der Waals surface area contributed by atoms with E-state index in [0.717, 1.165) is 29.3 Å². The normalized spacial score (nSPS) is 26.2. The number of H-pyrrole nitrogens is 1. The minimum absolute atomic E-state index is 0.435. The summed E-state index contributed by atoms with van der Waals surface area (Å²) in [6, 6.07) is 0.619. The summed E-state index contributed by atoms with van der Waals surface area (Å²) in [6.45, 7) is 1.09. The fourth-order valence-electron chi connectivity index (χ4n) is 3.29. The molecular formula is C11H15N7. The molecule has 2 aromatic heterocycles. The number of fused-ring (bicyclic) bond motifs is 3. The second kappa shape index (κ2) is 3.55. The van der Waals surface area contributed by atoms with Crippen molar-refractivity contribution in [3.05, 3.63) is 6.20 Å². The molecule has 94 valence electrons. The Balaban J connectivity index is 1.85. The molecule has 0 aromatic carbocycles. The second-order valence-corrected chi connectivity index (χ2v) is 5.13. The molecule has 4 rings (SSSR count). The molecule has 7 heteroatoms. The van der Waals surface area contributed by atoms with Crippen LogP contribution in [0.3, 0.4) is 0 Å². The van der Waals surface area contributed by atoms with Gasteiger partial charge in [-0.3, -0.25) is 10.5 Å². The first-order chi connectivity index (χ1) is 8.85. The van der Waals surface area contributed by atoms with Gasteiger partial charge in [0.1, 0.15) is 5.82 Å². The number of nitrogen functional groups attached to an aromatic ring is 1. The predicted octanol–water partition coefficient (Wildman–Crippen LogP) is 0.627. The number of nitrogens with two attached hydrogens (primary N) is 1. The Kier molecular flexibility index (Phi) is 1.99. The largest absolute Gasteiger partial charge is 0.353 e. The molecule has 2 aliphatic rings. The van der Waals surface area contributed by atoms with Gasteiger partial charge in [-0.25, -0.2) is 5.84 Å². The van der Waals surface area contributed by atoms with Gasteiger partial charge >= 0.3 is 0 Å². The minimum Gasteiger partial charge on any atom is -0.353 e. The monoisotopic (exact) mass is 245 g/mol. The maximum atomic E-state index is 5.43. The maximum absolute atomic E-state index is 5.43. The summed E-state index contributed by atoms with van der Waals surface area (Å²) in [5, 5.41) is 7.90. The molecule has 2 aromatic rings. The number of nitrogens with zero attached hydrogens (tertiary/aromatic N) is 4. The van der Waals surface area contributed by atoms with Crippen LogP contribution >= 0.6 is 0 Å². The summed E-state index contributed by atoms with van der Waals surface area (Å²) in [5.41, 5.74) is 3.25. The molecule has 1 saturated carbocycles. The highest BCUT2D eigenvalue weighted by Gasteiger charge is 2.39. The average Bonchev–Trinajstić information content (AvgIpc) is 3.12. The summed E-state index contributed by atoms with van der Waals surface area (Å²) in [7, 11) is 0. The molecule has 18 heavy (non-hydrogen) atoms. The van der Waals surface area contributed by atoms with E-state index in [9.17, 15) is 0 Å². The Morgan fingerprint density at radius 2 is 2.33 bits per heavy atom. The van der Waals surface area contributed by atoms with Crippen molar-refractivity contribution in [2.45, 2.75) is 25.3 Å². The van der Waals surface area contributed by atoms with Crippen molar-refractivity contribution in [1.29, 1.82) is 0 Å². The lowest BCUT2D eigenvalue weighted by Gasteiger charge is -2.28. The minimum atomic E-state index is 0.435. The molecule has 0 spiro atoms. The molecule has 2 fully saturated rings. The molecule has 2 unspecified atom stereocenters. The zero-order valence-corrected chi connectivity index (χ0v) is 9.93. The van der Waals surface area contributed by atoms with Crippen LogP contribution in [-0.2, 0) is 0 Å². The highest BCUT2D eigenvalue weighted by molar-refractivity contribution is 5.87. The van der Waals surface area contributed by atoms with Gasteiger partial charge in [0.25, 0.3) is 0 Å². The Labute approximate surface area is 104 Å². The van der Waals surface area contributed by atoms with Gasteiger partial charge in [0, 0.05) is 12.6 Å². The molecule has 4 N–H and O–H groups in total. The van der Waals surface area contributed by atoms with Crippen molar-refractivity contribution >= 4 is 22.8 Å². The van der Waals surface area contributed by atoms with Crippen LogP contribution in [0.2, 0.25) is 0 Å². The number of hydrogen-bond donors (Lipinski definition) is 3. The third-order valence-electron chi connectivity index (χ3n) is 4.10. The topological polar surface area (TPSA) is 95.7 Å². The van der Waals surface area contributed by atoms with Gasteiger partial charge in [-0.2, -0.15) is 15.1 Å². The van der Waals surface area contributed by atoms with Crippen LogP contribution in [0.5, 0.6) is 0 Å².